The molecule has 84 valence electrons. The van der Waals surface area contributed by atoms with Gasteiger partial charge in [0.15, 0.2) is 0 Å². The third kappa shape index (κ3) is 4.63. The van der Waals surface area contributed by atoms with Crippen LogP contribution in [0.1, 0.15) is 26.7 Å². The van der Waals surface area contributed by atoms with Crippen molar-refractivity contribution in [1.29, 1.82) is 0 Å². The number of hydrogen-bond donors (Lipinski definition) is 1. The van der Waals surface area contributed by atoms with Crippen LogP contribution in [0.25, 0.3) is 0 Å². The Morgan fingerprint density at radius 1 is 1.29 bits per heavy atom. The van der Waals surface area contributed by atoms with Crippen LogP contribution < -0.4 is 5.32 Å². The fourth-order valence-electron chi connectivity index (χ4n) is 1.72. The average molecular weight is 219 g/mol. The highest BCUT2D eigenvalue weighted by atomic mass is 35.5. The van der Waals surface area contributed by atoms with Gasteiger partial charge < -0.3 is 10.2 Å². The Labute approximate surface area is 93.0 Å². The second kappa shape index (κ2) is 6.65. The second-order valence-corrected chi connectivity index (χ2v) is 5.07. The van der Waals surface area contributed by atoms with E-state index in [-0.39, 0.29) is 5.38 Å². The molecule has 0 amide bonds. The molecule has 3 heteroatoms. The van der Waals surface area contributed by atoms with Crippen molar-refractivity contribution in [3.8, 4) is 0 Å². The lowest BCUT2D eigenvalue weighted by molar-refractivity contribution is 0.334. The van der Waals surface area contributed by atoms with Crippen LogP contribution in [0, 0.1) is 5.92 Å². The fourth-order valence-corrected chi connectivity index (χ4v) is 1.83. The van der Waals surface area contributed by atoms with Crippen LogP contribution in [0.3, 0.4) is 0 Å². The maximum Gasteiger partial charge on any atom is 0.0483 e. The minimum atomic E-state index is 0.272. The number of likely N-dealkylation sites (tertiary alicyclic amines) is 1. The molecular weight excluding hydrogens is 196 g/mol. The predicted octanol–water partition coefficient (Wildman–Crippen LogP) is 1.94. The molecule has 1 N–H and O–H groups in total. The van der Waals surface area contributed by atoms with Gasteiger partial charge in [0.25, 0.3) is 0 Å². The normalized spacial score (nSPS) is 20.6. The monoisotopic (exact) mass is 218 g/mol. The molecule has 1 aliphatic rings. The van der Waals surface area contributed by atoms with Gasteiger partial charge in [-0.25, -0.2) is 0 Å². The van der Waals surface area contributed by atoms with E-state index in [1.54, 1.807) is 0 Å². The molecule has 1 fully saturated rings. The fraction of sp³-hybridized carbons (Fsp3) is 1.00. The van der Waals surface area contributed by atoms with Crippen LogP contribution in [0.15, 0.2) is 0 Å². The summed E-state index contributed by atoms with van der Waals surface area (Å²) in [7, 11) is 0. The standard InChI is InChI=1S/C11H23ClN2/c1-10(2)11(12)9-13-5-8-14-6-3-4-7-14/h10-11,13H,3-9H2,1-2H3. The lowest BCUT2D eigenvalue weighted by Crippen LogP contribution is -2.34. The van der Waals surface area contributed by atoms with Crippen molar-refractivity contribution in [2.24, 2.45) is 5.92 Å². The van der Waals surface area contributed by atoms with E-state index in [9.17, 15) is 0 Å². The van der Waals surface area contributed by atoms with Gasteiger partial charge in [-0.3, -0.25) is 0 Å². The Hall–Kier alpha value is 0.210. The third-order valence-corrected chi connectivity index (χ3v) is 3.52. The first kappa shape index (κ1) is 12.3. The van der Waals surface area contributed by atoms with Gasteiger partial charge in [0.2, 0.25) is 0 Å². The van der Waals surface area contributed by atoms with E-state index in [1.165, 1.54) is 32.5 Å². The second-order valence-electron chi connectivity index (χ2n) is 4.51. The summed E-state index contributed by atoms with van der Waals surface area (Å²) in [6.07, 6.45) is 2.76. The summed E-state index contributed by atoms with van der Waals surface area (Å²) in [5, 5.41) is 3.69. The van der Waals surface area contributed by atoms with E-state index in [0.717, 1.165) is 13.1 Å². The maximum absolute atomic E-state index is 6.14. The summed E-state index contributed by atoms with van der Waals surface area (Å²) in [6, 6.07) is 0. The van der Waals surface area contributed by atoms with Crippen LogP contribution in [-0.4, -0.2) is 43.0 Å². The number of alkyl halides is 1. The largest absolute Gasteiger partial charge is 0.314 e. The molecule has 1 saturated heterocycles. The van der Waals surface area contributed by atoms with E-state index in [2.05, 4.69) is 24.1 Å². The van der Waals surface area contributed by atoms with E-state index in [0.29, 0.717) is 5.92 Å². The number of halogens is 1. The smallest absolute Gasteiger partial charge is 0.0483 e. The molecule has 0 aromatic carbocycles. The molecule has 0 saturated carbocycles. The molecule has 0 aromatic rings. The molecule has 1 heterocycles. The summed E-state index contributed by atoms with van der Waals surface area (Å²) < 4.78 is 0. The van der Waals surface area contributed by atoms with Gasteiger partial charge in [-0.05, 0) is 31.8 Å². The van der Waals surface area contributed by atoms with Gasteiger partial charge in [0.05, 0.1) is 0 Å². The Kier molecular flexibility index (Phi) is 5.83. The minimum absolute atomic E-state index is 0.272. The van der Waals surface area contributed by atoms with Crippen LogP contribution in [0.2, 0.25) is 0 Å². The van der Waals surface area contributed by atoms with Crippen molar-refractivity contribution >= 4 is 11.6 Å². The van der Waals surface area contributed by atoms with Crippen LogP contribution in [0.5, 0.6) is 0 Å². The first-order valence-corrected chi connectivity index (χ1v) is 6.21. The summed E-state index contributed by atoms with van der Waals surface area (Å²) in [5.74, 6) is 0.566. The molecule has 1 aliphatic heterocycles. The van der Waals surface area contributed by atoms with Gasteiger partial charge >= 0.3 is 0 Å². The molecular formula is C11H23ClN2. The lowest BCUT2D eigenvalue weighted by Gasteiger charge is -2.17. The summed E-state index contributed by atoms with van der Waals surface area (Å²) in [5.41, 5.74) is 0. The summed E-state index contributed by atoms with van der Waals surface area (Å²) in [4.78, 5) is 2.52. The van der Waals surface area contributed by atoms with Crippen LogP contribution in [0.4, 0.5) is 0 Å². The Morgan fingerprint density at radius 2 is 1.93 bits per heavy atom. The number of nitrogens with zero attached hydrogens (tertiary/aromatic N) is 1. The molecule has 0 spiro atoms. The van der Waals surface area contributed by atoms with Gasteiger partial charge in [-0.1, -0.05) is 13.8 Å². The highest BCUT2D eigenvalue weighted by Gasteiger charge is 2.11. The number of nitrogens with one attached hydrogen (secondary N) is 1. The molecule has 0 radical (unpaired) electrons. The summed E-state index contributed by atoms with van der Waals surface area (Å²) in [6.45, 7) is 10.1. The van der Waals surface area contributed by atoms with E-state index < -0.39 is 0 Å². The van der Waals surface area contributed by atoms with Crippen molar-refractivity contribution in [2.45, 2.75) is 32.1 Å². The molecule has 2 nitrogen and oxygen atoms in total. The minimum Gasteiger partial charge on any atom is -0.314 e. The first-order chi connectivity index (χ1) is 6.70. The topological polar surface area (TPSA) is 15.3 Å². The molecule has 1 unspecified atom stereocenters. The van der Waals surface area contributed by atoms with Crippen LogP contribution in [-0.2, 0) is 0 Å². The lowest BCUT2D eigenvalue weighted by atomic mass is 10.1. The van der Waals surface area contributed by atoms with Crippen molar-refractivity contribution in [3.63, 3.8) is 0 Å². The van der Waals surface area contributed by atoms with Crippen molar-refractivity contribution in [1.82, 2.24) is 10.2 Å². The van der Waals surface area contributed by atoms with Gasteiger partial charge in [-0.2, -0.15) is 0 Å². The highest BCUT2D eigenvalue weighted by molar-refractivity contribution is 6.20. The zero-order chi connectivity index (χ0) is 10.4. The Morgan fingerprint density at radius 3 is 2.50 bits per heavy atom. The molecule has 0 bridgehead atoms. The van der Waals surface area contributed by atoms with Crippen molar-refractivity contribution in [2.75, 3.05) is 32.7 Å². The zero-order valence-corrected chi connectivity index (χ0v) is 10.2. The molecule has 0 aliphatic carbocycles. The Bertz CT molecular complexity index is 140. The van der Waals surface area contributed by atoms with Gasteiger partial charge in [-0.15, -0.1) is 11.6 Å². The highest BCUT2D eigenvalue weighted by Crippen LogP contribution is 2.08. The predicted molar refractivity (Wildman–Crippen MR) is 63.0 cm³/mol. The molecule has 14 heavy (non-hydrogen) atoms. The first-order valence-electron chi connectivity index (χ1n) is 5.77. The molecule has 1 atom stereocenters. The summed E-state index contributed by atoms with van der Waals surface area (Å²) >= 11 is 6.14. The Balaban J connectivity index is 1.93. The van der Waals surface area contributed by atoms with Gasteiger partial charge in [0, 0.05) is 25.0 Å². The zero-order valence-electron chi connectivity index (χ0n) is 9.43. The average Bonchev–Trinajstić information content (AvgIpc) is 2.64. The van der Waals surface area contributed by atoms with E-state index in [4.69, 9.17) is 11.6 Å². The number of hydrogen-bond acceptors (Lipinski definition) is 2. The number of rotatable bonds is 6. The van der Waals surface area contributed by atoms with E-state index in [1.807, 2.05) is 0 Å². The molecule has 1 rings (SSSR count). The van der Waals surface area contributed by atoms with E-state index >= 15 is 0 Å². The quantitative estimate of drug-likeness (QED) is 0.542. The van der Waals surface area contributed by atoms with Gasteiger partial charge in [0.1, 0.15) is 0 Å². The molecule has 0 aromatic heterocycles. The van der Waals surface area contributed by atoms with Crippen molar-refractivity contribution in [3.05, 3.63) is 0 Å². The third-order valence-electron chi connectivity index (χ3n) is 2.87. The van der Waals surface area contributed by atoms with Crippen LogP contribution >= 0.6 is 11.6 Å². The van der Waals surface area contributed by atoms with Crippen molar-refractivity contribution < 1.29 is 0 Å². The SMILES string of the molecule is CC(C)C(Cl)CNCCN1CCCC1. The maximum atomic E-state index is 6.14.